The Bertz CT molecular complexity index is 1110. The Morgan fingerprint density at radius 3 is 1.66 bits per heavy atom. The fourth-order valence-electron chi connectivity index (χ4n) is 4.00. The smallest absolute Gasteiger partial charge is 0.144 e. The molecule has 4 aromatic carbocycles. The highest BCUT2D eigenvalue weighted by atomic mass is 79.9. The second-order valence-electron chi connectivity index (χ2n) is 8.57. The average Bonchev–Trinajstić information content (AvgIpc) is 2.98. The predicted octanol–water partition coefficient (Wildman–Crippen LogP) is 7.41. The number of halogens is 1. The van der Waals surface area contributed by atoms with Gasteiger partial charge in [-0.3, -0.25) is 0 Å². The molecule has 0 bridgehead atoms. The average molecular weight is 576 g/mol. The molecule has 5 heteroatoms. The number of aliphatic hydroxyl groups is 1. The molecular weight excluding hydrogens is 540 g/mol. The second-order valence-corrected chi connectivity index (χ2v) is 9.49. The minimum absolute atomic E-state index is 0.0307. The summed E-state index contributed by atoms with van der Waals surface area (Å²) in [5, 5.41) is 8.87. The van der Waals surface area contributed by atoms with E-state index in [9.17, 15) is 0 Å². The first-order valence-electron chi connectivity index (χ1n) is 12.5. The molecule has 0 aliphatic rings. The summed E-state index contributed by atoms with van der Waals surface area (Å²) in [5.41, 5.74) is 3.61. The zero-order valence-electron chi connectivity index (χ0n) is 21.9. The van der Waals surface area contributed by atoms with Gasteiger partial charge in [0.2, 0.25) is 0 Å². The molecular formula is C33H35BrO4. The molecule has 0 saturated carbocycles. The van der Waals surface area contributed by atoms with E-state index in [1.807, 2.05) is 91.9 Å². The fraction of sp³-hybridized carbons (Fsp3) is 0.212. The van der Waals surface area contributed by atoms with Crippen LogP contribution in [0.4, 0.5) is 0 Å². The molecule has 0 radical (unpaired) electrons. The first-order valence-corrected chi connectivity index (χ1v) is 13.3. The molecule has 4 nitrogen and oxygen atoms in total. The summed E-state index contributed by atoms with van der Waals surface area (Å²) in [4.78, 5) is 0. The monoisotopic (exact) mass is 574 g/mol. The van der Waals surface area contributed by atoms with Crippen LogP contribution in [-0.4, -0.2) is 38.6 Å². The van der Waals surface area contributed by atoms with E-state index in [0.29, 0.717) is 19.8 Å². The number of benzene rings is 4. The second kappa shape index (κ2) is 15.9. The van der Waals surface area contributed by atoms with E-state index in [1.54, 1.807) is 7.11 Å². The third kappa shape index (κ3) is 8.40. The summed E-state index contributed by atoms with van der Waals surface area (Å²) in [5.74, 6) is 0.887. The molecule has 4 aromatic rings. The van der Waals surface area contributed by atoms with Crippen molar-refractivity contribution in [1.29, 1.82) is 0 Å². The van der Waals surface area contributed by atoms with Gasteiger partial charge in [-0.2, -0.15) is 0 Å². The molecule has 198 valence electrons. The van der Waals surface area contributed by atoms with E-state index in [4.69, 9.17) is 19.3 Å². The largest absolute Gasteiger partial charge is 0.497 e. The van der Waals surface area contributed by atoms with E-state index in [2.05, 4.69) is 52.3 Å². The Kier molecular flexibility index (Phi) is 12.3. The summed E-state index contributed by atoms with van der Waals surface area (Å²) < 4.78 is 18.1. The van der Waals surface area contributed by atoms with Crippen LogP contribution in [0.2, 0.25) is 0 Å². The minimum Gasteiger partial charge on any atom is -0.497 e. The third-order valence-electron chi connectivity index (χ3n) is 5.89. The van der Waals surface area contributed by atoms with Crippen LogP contribution in [0.5, 0.6) is 5.75 Å². The van der Waals surface area contributed by atoms with Gasteiger partial charge in [0, 0.05) is 4.47 Å². The quantitative estimate of drug-likeness (QED) is 0.115. The predicted molar refractivity (Wildman–Crippen MR) is 158 cm³/mol. The molecule has 0 spiro atoms. The van der Waals surface area contributed by atoms with Crippen molar-refractivity contribution < 1.29 is 19.3 Å². The number of ether oxygens (including phenoxy) is 3. The zero-order chi connectivity index (χ0) is 27.1. The molecule has 1 N–H and O–H groups in total. The lowest BCUT2D eigenvalue weighted by Crippen LogP contribution is -2.33. The van der Waals surface area contributed by atoms with Crippen LogP contribution in [0.25, 0.3) is 0 Å². The molecule has 0 amide bonds. The van der Waals surface area contributed by atoms with E-state index >= 15 is 0 Å². The summed E-state index contributed by atoms with van der Waals surface area (Å²) >= 11 is 3.32. The summed E-state index contributed by atoms with van der Waals surface area (Å²) in [6, 6.07) is 38.7. The molecule has 0 fully saturated rings. The SMILES string of the molecule is C/C(=C/COC(c1ccccc1)(c1ccccc1)c1ccccc1)COCCO.COc1ccc(Br)cc1. The number of hydrogen-bond donors (Lipinski definition) is 1. The van der Waals surface area contributed by atoms with Crippen molar-refractivity contribution in [3.05, 3.63) is 148 Å². The molecule has 0 aliphatic heterocycles. The first kappa shape index (κ1) is 29.3. The van der Waals surface area contributed by atoms with Gasteiger partial charge < -0.3 is 19.3 Å². The van der Waals surface area contributed by atoms with Crippen LogP contribution in [0, 0.1) is 0 Å². The lowest BCUT2D eigenvalue weighted by molar-refractivity contribution is 0.0312. The van der Waals surface area contributed by atoms with Gasteiger partial charge in [-0.1, -0.05) is 113 Å². The van der Waals surface area contributed by atoms with Crippen molar-refractivity contribution in [3.8, 4) is 5.75 Å². The van der Waals surface area contributed by atoms with Crippen LogP contribution < -0.4 is 4.74 Å². The molecule has 0 saturated heterocycles. The number of rotatable bonds is 11. The normalized spacial score (nSPS) is 11.4. The summed E-state index contributed by atoms with van der Waals surface area (Å²) in [6.07, 6.45) is 2.04. The Morgan fingerprint density at radius 1 is 0.763 bits per heavy atom. The molecule has 38 heavy (non-hydrogen) atoms. The lowest BCUT2D eigenvalue weighted by atomic mass is 9.80. The molecule has 0 aliphatic carbocycles. The van der Waals surface area contributed by atoms with Crippen molar-refractivity contribution in [2.24, 2.45) is 0 Å². The van der Waals surface area contributed by atoms with Crippen molar-refractivity contribution in [2.75, 3.05) is 33.5 Å². The molecule has 0 aromatic heterocycles. The van der Waals surface area contributed by atoms with Gasteiger partial charge in [-0.25, -0.2) is 0 Å². The van der Waals surface area contributed by atoms with Gasteiger partial charge >= 0.3 is 0 Å². The van der Waals surface area contributed by atoms with Crippen LogP contribution >= 0.6 is 15.9 Å². The fourth-order valence-corrected chi connectivity index (χ4v) is 4.27. The topological polar surface area (TPSA) is 47.9 Å². The van der Waals surface area contributed by atoms with Gasteiger partial charge in [-0.05, 0) is 53.5 Å². The van der Waals surface area contributed by atoms with Gasteiger partial charge in [0.15, 0.2) is 0 Å². The molecule has 0 unspecified atom stereocenters. The maximum Gasteiger partial charge on any atom is 0.144 e. The number of aliphatic hydroxyl groups excluding tert-OH is 1. The van der Waals surface area contributed by atoms with Gasteiger partial charge in [0.25, 0.3) is 0 Å². The highest BCUT2D eigenvalue weighted by molar-refractivity contribution is 9.10. The van der Waals surface area contributed by atoms with Gasteiger partial charge in [0.05, 0.1) is 33.5 Å². The summed E-state index contributed by atoms with van der Waals surface area (Å²) in [6.45, 7) is 3.30. The lowest BCUT2D eigenvalue weighted by Gasteiger charge is -2.35. The van der Waals surface area contributed by atoms with E-state index in [1.165, 1.54) is 0 Å². The standard InChI is InChI=1S/C26H28O3.C7H7BrO/c1-22(21-28-20-18-27)17-19-29-26(23-11-5-2-6-12-23,24-13-7-3-8-14-24)25-15-9-4-10-16-25;1-9-7-4-2-6(8)3-5-7/h2-17,27H,18-21H2,1H3;2-5H,1H3/b22-17-;. The Balaban J connectivity index is 0.000000375. The molecule has 0 heterocycles. The zero-order valence-corrected chi connectivity index (χ0v) is 23.5. The third-order valence-corrected chi connectivity index (χ3v) is 6.42. The highest BCUT2D eigenvalue weighted by Gasteiger charge is 2.37. The Morgan fingerprint density at radius 2 is 1.24 bits per heavy atom. The maximum absolute atomic E-state index is 8.87. The number of methoxy groups -OCH3 is 1. The van der Waals surface area contributed by atoms with Crippen molar-refractivity contribution in [3.63, 3.8) is 0 Å². The van der Waals surface area contributed by atoms with Crippen LogP contribution in [0.1, 0.15) is 23.6 Å². The van der Waals surface area contributed by atoms with Crippen molar-refractivity contribution >= 4 is 15.9 Å². The van der Waals surface area contributed by atoms with Gasteiger partial charge in [-0.15, -0.1) is 0 Å². The summed E-state index contributed by atoms with van der Waals surface area (Å²) in [7, 11) is 1.66. The van der Waals surface area contributed by atoms with E-state index in [-0.39, 0.29) is 6.61 Å². The number of hydrogen-bond acceptors (Lipinski definition) is 4. The van der Waals surface area contributed by atoms with Crippen LogP contribution in [0.3, 0.4) is 0 Å². The Hall–Kier alpha value is -3.22. The van der Waals surface area contributed by atoms with Crippen LogP contribution in [-0.2, 0) is 15.1 Å². The Labute approximate surface area is 234 Å². The molecule has 4 rings (SSSR count). The van der Waals surface area contributed by atoms with E-state index in [0.717, 1.165) is 32.5 Å². The highest BCUT2D eigenvalue weighted by Crippen LogP contribution is 2.40. The van der Waals surface area contributed by atoms with Crippen molar-refractivity contribution in [1.82, 2.24) is 0 Å². The first-order chi connectivity index (χ1) is 18.6. The van der Waals surface area contributed by atoms with Gasteiger partial charge in [0.1, 0.15) is 11.4 Å². The van der Waals surface area contributed by atoms with Crippen LogP contribution in [0.15, 0.2) is 131 Å². The minimum atomic E-state index is -0.716. The molecule has 0 atom stereocenters. The van der Waals surface area contributed by atoms with Crippen molar-refractivity contribution in [2.45, 2.75) is 12.5 Å². The maximum atomic E-state index is 8.87. The van der Waals surface area contributed by atoms with E-state index < -0.39 is 5.60 Å².